The molecule has 1 fully saturated rings. The van der Waals surface area contributed by atoms with Crippen LogP contribution in [0.3, 0.4) is 0 Å². The van der Waals surface area contributed by atoms with Crippen LogP contribution < -0.4 is 0 Å². The van der Waals surface area contributed by atoms with E-state index in [2.05, 4.69) is 0 Å². The highest BCUT2D eigenvalue weighted by atomic mass is 31.2. The maximum Gasteiger partial charge on any atom is 0.353 e. The van der Waals surface area contributed by atoms with E-state index in [1.165, 1.54) is 5.06 Å². The Labute approximate surface area is 93.1 Å². The van der Waals surface area contributed by atoms with Crippen molar-refractivity contribution in [3.05, 3.63) is 0 Å². The van der Waals surface area contributed by atoms with E-state index < -0.39 is 13.4 Å². The van der Waals surface area contributed by atoms with Gasteiger partial charge < -0.3 is 14.9 Å². The minimum absolute atomic E-state index is 0.0720. The van der Waals surface area contributed by atoms with E-state index in [1.807, 2.05) is 0 Å². The van der Waals surface area contributed by atoms with E-state index in [1.54, 1.807) is 6.92 Å². The number of hydrogen-bond acceptors (Lipinski definition) is 4. The van der Waals surface area contributed by atoms with Gasteiger partial charge in [-0.3, -0.25) is 14.2 Å². The van der Waals surface area contributed by atoms with Crippen LogP contribution in [0.15, 0.2) is 0 Å². The van der Waals surface area contributed by atoms with Crippen molar-refractivity contribution in [3.63, 3.8) is 0 Å². The quantitative estimate of drug-likeness (QED) is 0.579. The molecule has 0 aliphatic carbocycles. The largest absolute Gasteiger partial charge is 0.380 e. The predicted octanol–water partition coefficient (Wildman–Crippen LogP) is -0.327. The average molecular weight is 253 g/mol. The van der Waals surface area contributed by atoms with Gasteiger partial charge in [0.25, 0.3) is 0 Å². The monoisotopic (exact) mass is 253 g/mol. The molecule has 2 atom stereocenters. The minimum Gasteiger partial charge on any atom is -0.380 e. The normalized spacial score (nSPS) is 21.2. The summed E-state index contributed by atoms with van der Waals surface area (Å²) in [5.41, 5.74) is 0. The van der Waals surface area contributed by atoms with Crippen LogP contribution in [0, 0.1) is 5.92 Å². The van der Waals surface area contributed by atoms with Crippen LogP contribution in [0.25, 0.3) is 0 Å². The summed E-state index contributed by atoms with van der Waals surface area (Å²) >= 11 is 0. The maximum absolute atomic E-state index is 11.2. The maximum atomic E-state index is 11.2. The van der Waals surface area contributed by atoms with E-state index in [4.69, 9.17) is 14.6 Å². The van der Waals surface area contributed by atoms with Crippen molar-refractivity contribution in [2.45, 2.75) is 25.6 Å². The number of carbonyl (C=O) groups is 1. The molecule has 1 saturated heterocycles. The third-order valence-corrected chi connectivity index (χ3v) is 3.31. The van der Waals surface area contributed by atoms with Crippen molar-refractivity contribution >= 4 is 13.5 Å². The van der Waals surface area contributed by atoms with Gasteiger partial charge in [0.1, 0.15) is 0 Å². The first-order valence-electron chi connectivity index (χ1n) is 4.97. The Morgan fingerprint density at radius 3 is 2.62 bits per heavy atom. The van der Waals surface area contributed by atoms with Gasteiger partial charge in [0.15, 0.2) is 5.85 Å². The van der Waals surface area contributed by atoms with Crippen molar-refractivity contribution in [2.24, 2.45) is 5.92 Å². The van der Waals surface area contributed by atoms with Gasteiger partial charge in [-0.15, -0.1) is 0 Å². The summed E-state index contributed by atoms with van der Waals surface area (Å²) in [5, 5.41) is 10.4. The smallest absolute Gasteiger partial charge is 0.353 e. The lowest BCUT2D eigenvalue weighted by atomic mass is 10.1. The average Bonchev–Trinajstić information content (AvgIpc) is 2.50. The van der Waals surface area contributed by atoms with E-state index in [-0.39, 0.29) is 24.8 Å². The highest BCUT2D eigenvalue weighted by Crippen LogP contribution is 2.42. The summed E-state index contributed by atoms with van der Waals surface area (Å²) in [6.07, 6.45) is 0.255. The van der Waals surface area contributed by atoms with Gasteiger partial charge in [0.05, 0.1) is 19.6 Å². The molecule has 1 aliphatic heterocycles. The molecule has 1 rings (SSSR count). The number of aliphatic hydroxyl groups excluding tert-OH is 1. The number of aliphatic hydroxyl groups is 1. The Bertz CT molecular complexity index is 299. The van der Waals surface area contributed by atoms with E-state index in [0.717, 1.165) is 0 Å². The first-order valence-corrected chi connectivity index (χ1v) is 6.65. The van der Waals surface area contributed by atoms with Gasteiger partial charge in [-0.1, -0.05) is 6.92 Å². The van der Waals surface area contributed by atoms with Crippen LogP contribution in [0.2, 0.25) is 0 Å². The van der Waals surface area contributed by atoms with Crippen molar-refractivity contribution in [1.29, 1.82) is 0 Å². The highest BCUT2D eigenvalue weighted by molar-refractivity contribution is 7.52. The lowest BCUT2D eigenvalue weighted by molar-refractivity contribution is -0.164. The molecule has 0 aromatic carbocycles. The molecule has 0 bridgehead atoms. The molecule has 3 N–H and O–H groups in total. The Balaban J connectivity index is 2.38. The number of hydroxylamine groups is 2. The van der Waals surface area contributed by atoms with Crippen LogP contribution in [0.5, 0.6) is 0 Å². The van der Waals surface area contributed by atoms with Crippen molar-refractivity contribution in [2.75, 3.05) is 13.2 Å². The molecule has 7 nitrogen and oxygen atoms in total. The van der Waals surface area contributed by atoms with Crippen molar-refractivity contribution in [3.8, 4) is 0 Å². The van der Waals surface area contributed by atoms with Gasteiger partial charge in [-0.2, -0.15) is 0 Å². The summed E-state index contributed by atoms with van der Waals surface area (Å²) in [5.74, 6) is -2.07. The first-order chi connectivity index (χ1) is 7.30. The molecule has 8 heteroatoms. The van der Waals surface area contributed by atoms with E-state index in [0.29, 0.717) is 13.0 Å². The molecular weight excluding hydrogens is 237 g/mol. The van der Waals surface area contributed by atoms with Gasteiger partial charge in [0, 0.05) is 0 Å². The molecule has 1 amide bonds. The molecular formula is C8H16NO6P. The summed E-state index contributed by atoms with van der Waals surface area (Å²) in [6, 6.07) is 0. The SMILES string of the molecule is CC(CC(O)P(=O)(O)O)CN1OCCC1=O. The van der Waals surface area contributed by atoms with Crippen LogP contribution in [-0.4, -0.2) is 44.9 Å². The Morgan fingerprint density at radius 1 is 1.56 bits per heavy atom. The van der Waals surface area contributed by atoms with Crippen LogP contribution in [0.4, 0.5) is 0 Å². The topological polar surface area (TPSA) is 107 Å². The second-order valence-electron chi connectivity index (χ2n) is 3.95. The lowest BCUT2D eigenvalue weighted by Gasteiger charge is -2.21. The molecule has 0 aromatic heterocycles. The number of hydrogen-bond donors (Lipinski definition) is 3. The van der Waals surface area contributed by atoms with Crippen molar-refractivity contribution < 1.29 is 29.1 Å². The zero-order valence-electron chi connectivity index (χ0n) is 8.94. The lowest BCUT2D eigenvalue weighted by Crippen LogP contribution is -2.30. The third-order valence-electron chi connectivity index (χ3n) is 2.32. The third kappa shape index (κ3) is 3.84. The van der Waals surface area contributed by atoms with Gasteiger partial charge in [0.2, 0.25) is 5.91 Å². The fourth-order valence-corrected chi connectivity index (χ4v) is 2.08. The molecule has 1 heterocycles. The standard InChI is InChI=1S/C8H16NO6P/c1-6(4-8(11)16(12,13)14)5-9-7(10)2-3-15-9/h6,8,11H,2-5H2,1H3,(H2,12,13,14). The van der Waals surface area contributed by atoms with E-state index >= 15 is 0 Å². The predicted molar refractivity (Wildman–Crippen MR) is 54.1 cm³/mol. The molecule has 16 heavy (non-hydrogen) atoms. The number of nitrogens with zero attached hydrogens (tertiary/aromatic N) is 1. The number of carbonyl (C=O) groups excluding carboxylic acids is 1. The molecule has 0 radical (unpaired) electrons. The summed E-state index contributed by atoms with van der Waals surface area (Å²) in [6.45, 7) is 2.26. The van der Waals surface area contributed by atoms with Gasteiger partial charge in [-0.05, 0) is 12.3 Å². The molecule has 0 spiro atoms. The molecule has 1 aliphatic rings. The molecule has 0 saturated carbocycles. The van der Waals surface area contributed by atoms with E-state index in [9.17, 15) is 14.5 Å². The summed E-state index contributed by atoms with van der Waals surface area (Å²) in [4.78, 5) is 33.6. The molecule has 2 unspecified atom stereocenters. The summed E-state index contributed by atoms with van der Waals surface area (Å²) < 4.78 is 10.7. The Kier molecular flexibility index (Phi) is 4.46. The molecule has 94 valence electrons. The van der Waals surface area contributed by atoms with Gasteiger partial charge >= 0.3 is 7.60 Å². The second kappa shape index (κ2) is 5.25. The van der Waals surface area contributed by atoms with Crippen LogP contribution in [0.1, 0.15) is 19.8 Å². The minimum atomic E-state index is -4.46. The summed E-state index contributed by atoms with van der Waals surface area (Å²) in [7, 11) is -4.46. The second-order valence-corrected chi connectivity index (χ2v) is 5.72. The highest BCUT2D eigenvalue weighted by Gasteiger charge is 2.30. The first kappa shape index (κ1) is 13.6. The zero-order chi connectivity index (χ0) is 12.3. The van der Waals surface area contributed by atoms with Crippen LogP contribution >= 0.6 is 7.60 Å². The van der Waals surface area contributed by atoms with Gasteiger partial charge in [-0.25, -0.2) is 5.06 Å². The Hall–Kier alpha value is -0.460. The molecule has 0 aromatic rings. The van der Waals surface area contributed by atoms with Crippen molar-refractivity contribution in [1.82, 2.24) is 5.06 Å². The fourth-order valence-electron chi connectivity index (χ4n) is 1.45. The number of rotatable bonds is 5. The fraction of sp³-hybridized carbons (Fsp3) is 0.875. The number of amides is 1. The zero-order valence-corrected chi connectivity index (χ0v) is 9.84. The Morgan fingerprint density at radius 2 is 2.19 bits per heavy atom. The van der Waals surface area contributed by atoms with Crippen LogP contribution in [-0.2, 0) is 14.2 Å².